The van der Waals surface area contributed by atoms with E-state index in [1.165, 1.54) is 18.2 Å². The van der Waals surface area contributed by atoms with Gasteiger partial charge in [0.25, 0.3) is 5.91 Å². The van der Waals surface area contributed by atoms with Crippen LogP contribution in [-0.2, 0) is 4.79 Å². The molecule has 102 valence electrons. The van der Waals surface area contributed by atoms with E-state index in [0.717, 1.165) is 12.8 Å². The molecule has 1 saturated carbocycles. The number of para-hydroxylation sites is 1. The molecular weight excluding hydrogens is 270 g/mol. The number of carbonyl (C=O) groups is 2. The SMILES string of the molecule is CN(C(=O)COc1c(Cl)cccc1C(=O)O)C1CC1. The lowest BCUT2D eigenvalue weighted by Gasteiger charge is -2.17. The Kier molecular flexibility index (Phi) is 3.95. The monoisotopic (exact) mass is 283 g/mol. The Labute approximate surface area is 115 Å². The number of carbonyl (C=O) groups excluding carboxylic acids is 1. The van der Waals surface area contributed by atoms with Crippen LogP contribution in [0, 0.1) is 0 Å². The predicted molar refractivity (Wildman–Crippen MR) is 69.7 cm³/mol. The van der Waals surface area contributed by atoms with Crippen LogP contribution in [-0.4, -0.2) is 41.6 Å². The number of ether oxygens (including phenoxy) is 1. The summed E-state index contributed by atoms with van der Waals surface area (Å²) in [5.41, 5.74) is -0.0469. The molecule has 0 radical (unpaired) electrons. The largest absolute Gasteiger partial charge is 0.481 e. The fourth-order valence-corrected chi connectivity index (χ4v) is 1.95. The lowest BCUT2D eigenvalue weighted by Crippen LogP contribution is -2.33. The van der Waals surface area contributed by atoms with Crippen molar-refractivity contribution >= 4 is 23.5 Å². The van der Waals surface area contributed by atoms with Crippen LogP contribution in [0.2, 0.25) is 5.02 Å². The highest BCUT2D eigenvalue weighted by atomic mass is 35.5. The van der Waals surface area contributed by atoms with Gasteiger partial charge in [-0.3, -0.25) is 4.79 Å². The third kappa shape index (κ3) is 3.17. The van der Waals surface area contributed by atoms with E-state index in [4.69, 9.17) is 21.4 Å². The standard InChI is InChI=1S/C13H14ClNO4/c1-15(8-5-6-8)11(16)7-19-12-9(13(17)18)3-2-4-10(12)14/h2-4,8H,5-7H2,1H3,(H,17,18). The lowest BCUT2D eigenvalue weighted by molar-refractivity contribution is -0.132. The second kappa shape index (κ2) is 5.48. The summed E-state index contributed by atoms with van der Waals surface area (Å²) in [7, 11) is 1.72. The van der Waals surface area contributed by atoms with Gasteiger partial charge in [0.15, 0.2) is 12.4 Å². The Bertz CT molecular complexity index is 513. The summed E-state index contributed by atoms with van der Waals surface area (Å²) in [4.78, 5) is 24.5. The molecule has 1 fully saturated rings. The maximum absolute atomic E-state index is 11.8. The number of carboxylic acids is 1. The molecule has 0 bridgehead atoms. The molecule has 0 atom stereocenters. The maximum Gasteiger partial charge on any atom is 0.339 e. The Hall–Kier alpha value is -1.75. The minimum atomic E-state index is -1.14. The zero-order valence-electron chi connectivity index (χ0n) is 10.4. The Morgan fingerprint density at radius 3 is 2.74 bits per heavy atom. The Balaban J connectivity index is 2.06. The summed E-state index contributed by atoms with van der Waals surface area (Å²) in [6, 6.07) is 4.73. The van der Waals surface area contributed by atoms with Gasteiger partial charge in [-0.2, -0.15) is 0 Å². The van der Waals surface area contributed by atoms with Gasteiger partial charge in [-0.25, -0.2) is 4.79 Å². The Morgan fingerprint density at radius 1 is 1.47 bits per heavy atom. The van der Waals surface area contributed by atoms with Crippen molar-refractivity contribution in [2.24, 2.45) is 0 Å². The van der Waals surface area contributed by atoms with Crippen molar-refractivity contribution in [2.75, 3.05) is 13.7 Å². The Morgan fingerprint density at radius 2 is 2.16 bits per heavy atom. The second-order valence-corrected chi connectivity index (χ2v) is 4.85. The number of carboxylic acid groups (broad SMARTS) is 1. The van der Waals surface area contributed by atoms with Crippen LogP contribution < -0.4 is 4.74 Å². The van der Waals surface area contributed by atoms with Gasteiger partial charge in [0.1, 0.15) is 5.56 Å². The van der Waals surface area contributed by atoms with Crippen LogP contribution in [0.5, 0.6) is 5.75 Å². The smallest absolute Gasteiger partial charge is 0.339 e. The molecule has 19 heavy (non-hydrogen) atoms. The normalized spacial score (nSPS) is 14.0. The van der Waals surface area contributed by atoms with E-state index in [1.54, 1.807) is 11.9 Å². The molecule has 1 N–H and O–H groups in total. The zero-order chi connectivity index (χ0) is 14.0. The predicted octanol–water partition coefficient (Wildman–Crippen LogP) is 2.04. The molecule has 1 aliphatic carbocycles. The maximum atomic E-state index is 11.8. The van der Waals surface area contributed by atoms with Gasteiger partial charge in [0.05, 0.1) is 5.02 Å². The van der Waals surface area contributed by atoms with E-state index in [0.29, 0.717) is 6.04 Å². The van der Waals surface area contributed by atoms with E-state index in [1.807, 2.05) is 0 Å². The molecule has 1 aromatic rings. The highest BCUT2D eigenvalue weighted by Gasteiger charge is 2.29. The molecule has 0 aromatic heterocycles. The quantitative estimate of drug-likeness (QED) is 0.898. The number of hydrogen-bond acceptors (Lipinski definition) is 3. The second-order valence-electron chi connectivity index (χ2n) is 4.45. The van der Waals surface area contributed by atoms with Gasteiger partial charge in [0.2, 0.25) is 0 Å². The van der Waals surface area contributed by atoms with Crippen LogP contribution in [0.3, 0.4) is 0 Å². The zero-order valence-corrected chi connectivity index (χ0v) is 11.2. The first-order valence-corrected chi connectivity index (χ1v) is 6.28. The van der Waals surface area contributed by atoms with E-state index in [-0.39, 0.29) is 28.8 Å². The first-order chi connectivity index (χ1) is 9.00. The fourth-order valence-electron chi connectivity index (χ4n) is 1.73. The first kappa shape index (κ1) is 13.7. The molecule has 6 heteroatoms. The first-order valence-electron chi connectivity index (χ1n) is 5.91. The van der Waals surface area contributed by atoms with Crippen molar-refractivity contribution in [1.29, 1.82) is 0 Å². The number of rotatable bonds is 5. The number of aromatic carboxylic acids is 1. The van der Waals surface area contributed by atoms with Crippen molar-refractivity contribution in [3.8, 4) is 5.75 Å². The van der Waals surface area contributed by atoms with Gasteiger partial charge < -0.3 is 14.7 Å². The molecule has 1 amide bonds. The summed E-state index contributed by atoms with van der Waals surface area (Å²) in [5, 5.41) is 9.21. The summed E-state index contributed by atoms with van der Waals surface area (Å²) < 4.78 is 5.29. The van der Waals surface area contributed by atoms with E-state index in [9.17, 15) is 9.59 Å². The lowest BCUT2D eigenvalue weighted by atomic mass is 10.2. The summed E-state index contributed by atoms with van der Waals surface area (Å²) in [5.74, 6) is -1.28. The third-order valence-electron chi connectivity index (χ3n) is 3.03. The molecule has 1 aromatic carbocycles. The molecule has 0 saturated heterocycles. The number of benzene rings is 1. The average Bonchev–Trinajstić information content (AvgIpc) is 3.19. The highest BCUT2D eigenvalue weighted by molar-refractivity contribution is 6.32. The molecular formula is C13H14ClNO4. The molecule has 1 aliphatic rings. The van der Waals surface area contributed by atoms with Crippen LogP contribution in [0.4, 0.5) is 0 Å². The van der Waals surface area contributed by atoms with E-state index in [2.05, 4.69) is 0 Å². The molecule has 0 unspecified atom stereocenters. The fraction of sp³-hybridized carbons (Fsp3) is 0.385. The van der Waals surface area contributed by atoms with Crippen molar-refractivity contribution in [1.82, 2.24) is 4.90 Å². The molecule has 2 rings (SSSR count). The summed E-state index contributed by atoms with van der Waals surface area (Å²) >= 11 is 5.90. The number of nitrogens with zero attached hydrogens (tertiary/aromatic N) is 1. The van der Waals surface area contributed by atoms with E-state index >= 15 is 0 Å². The highest BCUT2D eigenvalue weighted by Crippen LogP contribution is 2.29. The molecule has 0 spiro atoms. The van der Waals surface area contributed by atoms with Crippen molar-refractivity contribution in [2.45, 2.75) is 18.9 Å². The summed E-state index contributed by atoms with van der Waals surface area (Å²) in [6.45, 7) is -0.211. The van der Waals surface area contributed by atoms with Crippen LogP contribution in [0.25, 0.3) is 0 Å². The van der Waals surface area contributed by atoms with Crippen LogP contribution in [0.1, 0.15) is 23.2 Å². The number of amides is 1. The minimum Gasteiger partial charge on any atom is -0.481 e. The molecule has 0 heterocycles. The number of hydrogen-bond donors (Lipinski definition) is 1. The van der Waals surface area contributed by atoms with Crippen molar-refractivity contribution in [3.63, 3.8) is 0 Å². The van der Waals surface area contributed by atoms with Gasteiger partial charge in [-0.1, -0.05) is 17.7 Å². The number of likely N-dealkylation sites (N-methyl/N-ethyl adjacent to an activating group) is 1. The van der Waals surface area contributed by atoms with Gasteiger partial charge in [0, 0.05) is 13.1 Å². The topological polar surface area (TPSA) is 66.8 Å². The van der Waals surface area contributed by atoms with Crippen LogP contribution in [0.15, 0.2) is 18.2 Å². The van der Waals surface area contributed by atoms with E-state index < -0.39 is 5.97 Å². The molecule has 5 nitrogen and oxygen atoms in total. The number of halogens is 1. The average molecular weight is 284 g/mol. The van der Waals surface area contributed by atoms with Crippen molar-refractivity contribution < 1.29 is 19.4 Å². The van der Waals surface area contributed by atoms with Gasteiger partial charge in [-0.05, 0) is 25.0 Å². The molecule has 0 aliphatic heterocycles. The van der Waals surface area contributed by atoms with Gasteiger partial charge in [-0.15, -0.1) is 0 Å². The minimum absolute atomic E-state index is 0.0363. The summed E-state index contributed by atoms with van der Waals surface area (Å²) in [6.07, 6.45) is 2.02. The van der Waals surface area contributed by atoms with Gasteiger partial charge >= 0.3 is 5.97 Å². The van der Waals surface area contributed by atoms with Crippen molar-refractivity contribution in [3.05, 3.63) is 28.8 Å². The third-order valence-corrected chi connectivity index (χ3v) is 3.32. The van der Waals surface area contributed by atoms with Crippen LogP contribution >= 0.6 is 11.6 Å².